The van der Waals surface area contributed by atoms with Crippen LogP contribution in [0.25, 0.3) is 10.2 Å². The maximum Gasteiger partial charge on any atom is 0.250 e. The minimum absolute atomic E-state index is 0.0261. The van der Waals surface area contributed by atoms with E-state index in [1.54, 1.807) is 12.1 Å². The third kappa shape index (κ3) is 5.75. The van der Waals surface area contributed by atoms with E-state index in [1.807, 2.05) is 4.90 Å². The molecule has 0 bridgehead atoms. The number of fused-ring (bicyclic) bond motifs is 2. The molecule has 9 nitrogen and oxygen atoms in total. The maximum absolute atomic E-state index is 13.4. The fourth-order valence-electron chi connectivity index (χ4n) is 6.08. The Morgan fingerprint density at radius 2 is 1.88 bits per heavy atom. The van der Waals surface area contributed by atoms with Crippen LogP contribution in [-0.2, 0) is 32.6 Å². The average molecular weight is 602 g/mol. The lowest BCUT2D eigenvalue weighted by Crippen LogP contribution is -2.55. The number of nitrogens with zero attached hydrogens (tertiary/aromatic N) is 4. The van der Waals surface area contributed by atoms with E-state index in [2.05, 4.69) is 38.9 Å². The largest absolute Gasteiger partial charge is 0.337 e. The van der Waals surface area contributed by atoms with Crippen molar-refractivity contribution in [3.05, 3.63) is 58.7 Å². The normalized spacial score (nSPS) is 22.2. The number of hydrogen-bond acceptors (Lipinski definition) is 7. The molecule has 40 heavy (non-hydrogen) atoms. The summed E-state index contributed by atoms with van der Waals surface area (Å²) in [5.74, 6) is -0.418. The summed E-state index contributed by atoms with van der Waals surface area (Å²) in [7, 11) is -3.94. The van der Waals surface area contributed by atoms with Gasteiger partial charge in [-0.25, -0.2) is 13.4 Å². The number of nitrogens with one attached hydrogen (secondary N) is 1. The van der Waals surface area contributed by atoms with Crippen molar-refractivity contribution in [2.45, 2.75) is 54.9 Å². The molecule has 0 aliphatic carbocycles. The molecule has 3 aromatic rings. The summed E-state index contributed by atoms with van der Waals surface area (Å²) < 4.78 is 29.6. The van der Waals surface area contributed by atoms with Crippen LogP contribution < -0.4 is 4.72 Å². The SMILES string of the molecule is O=C1C(NS(=O)(=O)c2cc3nc(Cl)ccc3s2)CCCN1CC(=O)N1CCCC1CN1CCc2ccccc2C1. The van der Waals surface area contributed by atoms with Crippen molar-refractivity contribution in [1.82, 2.24) is 24.4 Å². The highest BCUT2D eigenvalue weighted by Crippen LogP contribution is 2.30. The van der Waals surface area contributed by atoms with E-state index in [0.29, 0.717) is 36.1 Å². The summed E-state index contributed by atoms with van der Waals surface area (Å²) >= 11 is 7.02. The third-order valence-corrected chi connectivity index (χ3v) is 11.4. The van der Waals surface area contributed by atoms with Gasteiger partial charge in [-0.3, -0.25) is 14.5 Å². The van der Waals surface area contributed by atoms with Crippen LogP contribution >= 0.6 is 22.9 Å². The lowest BCUT2D eigenvalue weighted by Gasteiger charge is -2.36. The molecule has 0 spiro atoms. The molecule has 212 valence electrons. The molecule has 3 aliphatic rings. The Morgan fingerprint density at radius 3 is 2.73 bits per heavy atom. The number of amides is 2. The molecule has 2 atom stereocenters. The van der Waals surface area contributed by atoms with Gasteiger partial charge in [-0.15, -0.1) is 11.3 Å². The predicted molar refractivity (Wildman–Crippen MR) is 155 cm³/mol. The lowest BCUT2D eigenvalue weighted by molar-refractivity contribution is -0.143. The molecule has 5 heterocycles. The number of piperidine rings is 1. The maximum atomic E-state index is 13.4. The topological polar surface area (TPSA) is 103 Å². The van der Waals surface area contributed by atoms with Crippen molar-refractivity contribution in [3.63, 3.8) is 0 Å². The number of carbonyl (C=O) groups is 2. The van der Waals surface area contributed by atoms with E-state index in [-0.39, 0.29) is 33.8 Å². The second-order valence-corrected chi connectivity index (χ2v) is 14.2. The van der Waals surface area contributed by atoms with Gasteiger partial charge in [-0.05, 0) is 61.4 Å². The highest BCUT2D eigenvalue weighted by Gasteiger charge is 2.37. The third-order valence-electron chi connectivity index (χ3n) is 8.11. The highest BCUT2D eigenvalue weighted by molar-refractivity contribution is 7.91. The van der Waals surface area contributed by atoms with Crippen LogP contribution in [0.15, 0.2) is 46.7 Å². The zero-order valence-corrected chi connectivity index (χ0v) is 24.5. The quantitative estimate of drug-likeness (QED) is 0.417. The number of likely N-dealkylation sites (tertiary alicyclic amines) is 2. The van der Waals surface area contributed by atoms with Crippen molar-refractivity contribution >= 4 is 55.0 Å². The Hall–Kier alpha value is -2.57. The van der Waals surface area contributed by atoms with Gasteiger partial charge in [0.15, 0.2) is 0 Å². The smallest absolute Gasteiger partial charge is 0.250 e. The van der Waals surface area contributed by atoms with Crippen molar-refractivity contribution in [2.24, 2.45) is 0 Å². The molecule has 1 aromatic carbocycles. The van der Waals surface area contributed by atoms with Crippen molar-refractivity contribution in [1.29, 1.82) is 0 Å². The minimum Gasteiger partial charge on any atom is -0.337 e. The van der Waals surface area contributed by atoms with Gasteiger partial charge in [0.1, 0.15) is 15.4 Å². The predicted octanol–water partition coefficient (Wildman–Crippen LogP) is 3.27. The van der Waals surface area contributed by atoms with Crippen LogP contribution in [0.5, 0.6) is 0 Å². The number of sulfonamides is 1. The Bertz CT molecular complexity index is 1540. The number of halogens is 1. The molecule has 2 fully saturated rings. The fourth-order valence-corrected chi connectivity index (χ4v) is 8.79. The molecule has 2 saturated heterocycles. The molecule has 2 aromatic heterocycles. The monoisotopic (exact) mass is 601 g/mol. The molecule has 1 N–H and O–H groups in total. The molecular weight excluding hydrogens is 570 g/mol. The van der Waals surface area contributed by atoms with Gasteiger partial charge in [-0.2, -0.15) is 4.72 Å². The van der Waals surface area contributed by atoms with E-state index >= 15 is 0 Å². The molecule has 2 amide bonds. The summed E-state index contributed by atoms with van der Waals surface area (Å²) in [5.41, 5.74) is 3.25. The van der Waals surface area contributed by atoms with Crippen molar-refractivity contribution in [2.75, 3.05) is 32.7 Å². The summed E-state index contributed by atoms with van der Waals surface area (Å²) in [6, 6.07) is 12.6. The Morgan fingerprint density at radius 1 is 1.07 bits per heavy atom. The zero-order valence-electron chi connectivity index (χ0n) is 22.1. The van der Waals surface area contributed by atoms with Gasteiger partial charge in [0, 0.05) is 38.8 Å². The van der Waals surface area contributed by atoms with E-state index in [4.69, 9.17) is 11.6 Å². The molecule has 0 saturated carbocycles. The van der Waals surface area contributed by atoms with Crippen LogP contribution in [0.3, 0.4) is 0 Å². The number of hydrogen-bond donors (Lipinski definition) is 1. The standard InChI is InChI=1S/C28H32ClN5O4S2/c29-25-10-9-24-23(30-25)15-27(39-24)40(37,38)31-22-8-4-12-33(28(22)36)18-26(35)34-13-3-7-21(34)17-32-14-11-19-5-1-2-6-20(19)16-32/h1-2,5-6,9-10,15,21-22,31H,3-4,7-8,11-14,16-18H2. The van der Waals surface area contributed by atoms with E-state index < -0.39 is 16.1 Å². The van der Waals surface area contributed by atoms with Crippen LogP contribution in [-0.4, -0.2) is 84.7 Å². The Kier molecular flexibility index (Phi) is 7.84. The summed E-state index contributed by atoms with van der Waals surface area (Å²) in [5, 5.41) is 0.284. The number of rotatable bonds is 7. The number of benzene rings is 1. The van der Waals surface area contributed by atoms with E-state index in [9.17, 15) is 18.0 Å². The van der Waals surface area contributed by atoms with Gasteiger partial charge < -0.3 is 9.80 Å². The zero-order chi connectivity index (χ0) is 27.9. The van der Waals surface area contributed by atoms with Gasteiger partial charge in [0.05, 0.1) is 16.8 Å². The van der Waals surface area contributed by atoms with Crippen LogP contribution in [0.4, 0.5) is 0 Å². The first-order chi connectivity index (χ1) is 19.3. The van der Waals surface area contributed by atoms with E-state index in [1.165, 1.54) is 22.1 Å². The second kappa shape index (κ2) is 11.4. The van der Waals surface area contributed by atoms with E-state index in [0.717, 1.165) is 50.2 Å². The fraction of sp³-hybridized carbons (Fsp3) is 0.464. The molecule has 3 aliphatic heterocycles. The first-order valence-electron chi connectivity index (χ1n) is 13.7. The van der Waals surface area contributed by atoms with Crippen molar-refractivity contribution in [3.8, 4) is 0 Å². The Balaban J connectivity index is 1.07. The van der Waals surface area contributed by atoms with Gasteiger partial charge in [0.25, 0.3) is 10.0 Å². The van der Waals surface area contributed by atoms with Crippen LogP contribution in [0.2, 0.25) is 5.15 Å². The second-order valence-electron chi connectivity index (χ2n) is 10.8. The average Bonchev–Trinajstić information content (AvgIpc) is 3.58. The Labute approximate surface area is 243 Å². The van der Waals surface area contributed by atoms with Crippen LogP contribution in [0.1, 0.15) is 36.8 Å². The number of thiophene rings is 1. The first-order valence-corrected chi connectivity index (χ1v) is 16.4. The molecule has 6 rings (SSSR count). The minimum atomic E-state index is -3.94. The number of aromatic nitrogens is 1. The summed E-state index contributed by atoms with van der Waals surface area (Å²) in [4.78, 5) is 36.8. The van der Waals surface area contributed by atoms with Gasteiger partial charge in [-0.1, -0.05) is 35.9 Å². The molecular formula is C28H32ClN5O4S2. The van der Waals surface area contributed by atoms with Crippen molar-refractivity contribution < 1.29 is 18.0 Å². The molecule has 12 heteroatoms. The molecule has 0 radical (unpaired) electrons. The first kappa shape index (κ1) is 27.6. The van der Waals surface area contributed by atoms with Gasteiger partial charge in [0.2, 0.25) is 11.8 Å². The van der Waals surface area contributed by atoms with Crippen LogP contribution in [0, 0.1) is 0 Å². The molecule has 2 unspecified atom stereocenters. The lowest BCUT2D eigenvalue weighted by atomic mass is 9.99. The highest BCUT2D eigenvalue weighted by atomic mass is 35.5. The van der Waals surface area contributed by atoms with Gasteiger partial charge >= 0.3 is 0 Å². The summed E-state index contributed by atoms with van der Waals surface area (Å²) in [6.07, 6.45) is 3.93. The number of pyridine rings is 1. The summed E-state index contributed by atoms with van der Waals surface area (Å²) in [6.45, 7) is 3.80. The number of carbonyl (C=O) groups excluding carboxylic acids is 2.